The molecule has 94 valence electrons. The topological polar surface area (TPSA) is 20.2 Å². The van der Waals surface area contributed by atoms with E-state index in [1.54, 1.807) is 24.3 Å². The minimum Gasteiger partial charge on any atom is -0.508 e. The van der Waals surface area contributed by atoms with Gasteiger partial charge in [-0.3, -0.25) is 0 Å². The Labute approximate surface area is 121 Å². The lowest BCUT2D eigenvalue weighted by Gasteiger charge is -2.25. The molecule has 0 fully saturated rings. The molecule has 1 unspecified atom stereocenters. The monoisotopic (exact) mass is 300 g/mol. The predicted octanol–water partition coefficient (Wildman–Crippen LogP) is 4.89. The maximum atomic E-state index is 9.31. The van der Waals surface area contributed by atoms with Gasteiger partial charge < -0.3 is 5.11 Å². The predicted molar refractivity (Wildman–Crippen MR) is 76.7 cm³/mol. The summed E-state index contributed by atoms with van der Waals surface area (Å²) in [5.74, 6) is -0.181. The van der Waals surface area contributed by atoms with Crippen molar-refractivity contribution in [1.29, 1.82) is 0 Å². The van der Waals surface area contributed by atoms with E-state index in [0.29, 0.717) is 0 Å². The van der Waals surface area contributed by atoms with E-state index in [9.17, 15) is 5.11 Å². The van der Waals surface area contributed by atoms with Gasteiger partial charge in [-0.25, -0.2) is 0 Å². The zero-order valence-corrected chi connectivity index (χ0v) is 11.6. The zero-order valence-electron chi connectivity index (χ0n) is 9.35. The van der Waals surface area contributed by atoms with Gasteiger partial charge in [0, 0.05) is 0 Å². The molecular weight excluding hydrogens is 291 g/mol. The molecular formula is C14H11Cl3O. The molecule has 0 radical (unpaired) electrons. The highest BCUT2D eigenvalue weighted by Crippen LogP contribution is 2.45. The Morgan fingerprint density at radius 1 is 0.778 bits per heavy atom. The first-order chi connectivity index (χ1) is 8.48. The Balaban J connectivity index is 2.47. The fraction of sp³-hybridized carbons (Fsp3) is 0.143. The lowest BCUT2D eigenvalue weighted by atomic mass is 9.92. The van der Waals surface area contributed by atoms with Crippen molar-refractivity contribution in [2.45, 2.75) is 9.71 Å². The van der Waals surface area contributed by atoms with Crippen LogP contribution in [0.2, 0.25) is 0 Å². The van der Waals surface area contributed by atoms with Crippen molar-refractivity contribution in [2.75, 3.05) is 0 Å². The molecule has 0 bridgehead atoms. The Morgan fingerprint density at radius 2 is 1.28 bits per heavy atom. The summed E-state index contributed by atoms with van der Waals surface area (Å²) in [5.41, 5.74) is 1.77. The van der Waals surface area contributed by atoms with Gasteiger partial charge in [-0.1, -0.05) is 77.3 Å². The lowest BCUT2D eigenvalue weighted by molar-refractivity contribution is 0.475. The van der Waals surface area contributed by atoms with Gasteiger partial charge in [-0.05, 0) is 23.3 Å². The summed E-state index contributed by atoms with van der Waals surface area (Å²) < 4.78 is -1.45. The third-order valence-electron chi connectivity index (χ3n) is 2.69. The van der Waals surface area contributed by atoms with E-state index >= 15 is 0 Å². The van der Waals surface area contributed by atoms with Crippen molar-refractivity contribution in [3.05, 3.63) is 65.7 Å². The summed E-state index contributed by atoms with van der Waals surface area (Å²) >= 11 is 18.2. The van der Waals surface area contributed by atoms with Crippen LogP contribution in [0.15, 0.2) is 54.6 Å². The summed E-state index contributed by atoms with van der Waals surface area (Å²) in [7, 11) is 0. The van der Waals surface area contributed by atoms with Crippen LogP contribution in [0.5, 0.6) is 5.75 Å². The van der Waals surface area contributed by atoms with Crippen molar-refractivity contribution in [3.63, 3.8) is 0 Å². The molecule has 1 nitrogen and oxygen atoms in total. The number of benzene rings is 2. The number of rotatable bonds is 2. The number of halogens is 3. The molecule has 1 N–H and O–H groups in total. The van der Waals surface area contributed by atoms with E-state index in [2.05, 4.69) is 0 Å². The molecule has 18 heavy (non-hydrogen) atoms. The van der Waals surface area contributed by atoms with E-state index in [1.165, 1.54) is 0 Å². The first-order valence-electron chi connectivity index (χ1n) is 5.39. The first-order valence-corrected chi connectivity index (χ1v) is 6.52. The highest BCUT2D eigenvalue weighted by molar-refractivity contribution is 6.68. The SMILES string of the molecule is Oc1ccc(C(c2ccccc2)C(Cl)(Cl)Cl)cc1. The molecule has 0 aliphatic carbocycles. The molecule has 0 aliphatic rings. The van der Waals surface area contributed by atoms with Gasteiger partial charge in [0.1, 0.15) is 5.75 Å². The van der Waals surface area contributed by atoms with Crippen LogP contribution in [0.25, 0.3) is 0 Å². The van der Waals surface area contributed by atoms with Crippen LogP contribution in [-0.4, -0.2) is 8.90 Å². The molecule has 2 rings (SSSR count). The molecule has 2 aromatic rings. The second-order valence-electron chi connectivity index (χ2n) is 3.98. The van der Waals surface area contributed by atoms with Crippen molar-refractivity contribution in [2.24, 2.45) is 0 Å². The smallest absolute Gasteiger partial charge is 0.201 e. The largest absolute Gasteiger partial charge is 0.508 e. The Kier molecular flexibility index (Phi) is 4.06. The molecule has 0 spiro atoms. The molecule has 0 aromatic heterocycles. The Hall–Kier alpha value is -0.890. The molecule has 1 atom stereocenters. The number of aromatic hydroxyl groups is 1. The minimum atomic E-state index is -1.45. The molecule has 4 heteroatoms. The third kappa shape index (κ3) is 3.11. The summed E-state index contributed by atoms with van der Waals surface area (Å²) in [6.07, 6.45) is 0. The fourth-order valence-electron chi connectivity index (χ4n) is 1.88. The summed E-state index contributed by atoms with van der Waals surface area (Å²) in [6.45, 7) is 0. The Bertz CT molecular complexity index is 503. The maximum Gasteiger partial charge on any atom is 0.201 e. The average molecular weight is 302 g/mol. The van der Waals surface area contributed by atoms with Gasteiger partial charge in [-0.15, -0.1) is 0 Å². The summed E-state index contributed by atoms with van der Waals surface area (Å²) in [5, 5.41) is 9.31. The van der Waals surface area contributed by atoms with Gasteiger partial charge in [0.05, 0.1) is 5.92 Å². The fourth-order valence-corrected chi connectivity index (χ4v) is 2.64. The van der Waals surface area contributed by atoms with E-state index in [-0.39, 0.29) is 11.7 Å². The quantitative estimate of drug-likeness (QED) is 0.783. The van der Waals surface area contributed by atoms with Crippen LogP contribution >= 0.6 is 34.8 Å². The van der Waals surface area contributed by atoms with Crippen molar-refractivity contribution < 1.29 is 5.11 Å². The number of hydrogen-bond acceptors (Lipinski definition) is 1. The van der Waals surface area contributed by atoms with Crippen LogP contribution in [0.1, 0.15) is 17.0 Å². The van der Waals surface area contributed by atoms with Crippen LogP contribution in [-0.2, 0) is 0 Å². The molecule has 0 saturated heterocycles. The van der Waals surface area contributed by atoms with E-state index in [1.807, 2.05) is 30.3 Å². The molecule has 0 aliphatic heterocycles. The molecule has 0 heterocycles. The number of alkyl halides is 3. The summed E-state index contributed by atoms with van der Waals surface area (Å²) in [4.78, 5) is 0. The third-order valence-corrected chi connectivity index (χ3v) is 3.34. The van der Waals surface area contributed by atoms with Crippen LogP contribution in [0, 0.1) is 0 Å². The summed E-state index contributed by atoms with van der Waals surface area (Å²) in [6, 6.07) is 16.2. The lowest BCUT2D eigenvalue weighted by Crippen LogP contribution is -2.18. The van der Waals surface area contributed by atoms with Gasteiger partial charge >= 0.3 is 0 Å². The van der Waals surface area contributed by atoms with E-state index in [4.69, 9.17) is 34.8 Å². The second-order valence-corrected chi connectivity index (χ2v) is 6.35. The molecule has 0 amide bonds. The van der Waals surface area contributed by atoms with Crippen molar-refractivity contribution >= 4 is 34.8 Å². The van der Waals surface area contributed by atoms with Crippen LogP contribution in [0.3, 0.4) is 0 Å². The molecule has 2 aromatic carbocycles. The van der Waals surface area contributed by atoms with Gasteiger partial charge in [0.2, 0.25) is 3.79 Å². The zero-order chi connectivity index (χ0) is 13.2. The maximum absolute atomic E-state index is 9.31. The van der Waals surface area contributed by atoms with Crippen LogP contribution in [0.4, 0.5) is 0 Å². The van der Waals surface area contributed by atoms with Gasteiger partial charge in [0.15, 0.2) is 0 Å². The highest BCUT2D eigenvalue weighted by atomic mass is 35.6. The number of phenolic OH excluding ortho intramolecular Hbond substituents is 1. The highest BCUT2D eigenvalue weighted by Gasteiger charge is 2.35. The first kappa shape index (κ1) is 13.5. The standard InChI is InChI=1S/C14H11Cl3O/c15-14(16,17)13(10-4-2-1-3-5-10)11-6-8-12(18)9-7-11/h1-9,13,18H. The van der Waals surface area contributed by atoms with Gasteiger partial charge in [0.25, 0.3) is 0 Å². The average Bonchev–Trinajstić information content (AvgIpc) is 2.32. The number of phenols is 1. The van der Waals surface area contributed by atoms with Gasteiger partial charge in [-0.2, -0.15) is 0 Å². The second kappa shape index (κ2) is 5.40. The normalized spacial score (nSPS) is 13.3. The van der Waals surface area contributed by atoms with Crippen molar-refractivity contribution in [1.82, 2.24) is 0 Å². The Morgan fingerprint density at radius 3 is 1.78 bits per heavy atom. The van der Waals surface area contributed by atoms with Crippen LogP contribution < -0.4 is 0 Å². The minimum absolute atomic E-state index is 0.190. The van der Waals surface area contributed by atoms with E-state index in [0.717, 1.165) is 11.1 Å². The number of hydrogen-bond donors (Lipinski definition) is 1. The van der Waals surface area contributed by atoms with E-state index < -0.39 is 3.79 Å². The molecule has 0 saturated carbocycles. The van der Waals surface area contributed by atoms with Crippen molar-refractivity contribution in [3.8, 4) is 5.75 Å².